The SMILES string of the molecule is CSc1ccc(NC(=O)C(O)COC(C)C)nc1. The fourth-order valence-electron chi connectivity index (χ4n) is 1.14. The molecule has 0 saturated carbocycles. The number of rotatable bonds is 6. The average Bonchev–Trinajstić information content (AvgIpc) is 2.36. The molecule has 18 heavy (non-hydrogen) atoms. The number of thioether (sulfide) groups is 1. The van der Waals surface area contributed by atoms with Crippen LogP contribution in [-0.4, -0.2) is 41.1 Å². The molecule has 1 unspecified atom stereocenters. The molecular formula is C12H18N2O3S. The molecule has 0 bridgehead atoms. The van der Waals surface area contributed by atoms with E-state index in [2.05, 4.69) is 10.3 Å². The molecule has 0 aliphatic heterocycles. The zero-order chi connectivity index (χ0) is 13.5. The highest BCUT2D eigenvalue weighted by Crippen LogP contribution is 2.14. The maximum absolute atomic E-state index is 11.6. The van der Waals surface area contributed by atoms with Crippen molar-refractivity contribution in [2.24, 2.45) is 0 Å². The topological polar surface area (TPSA) is 71.5 Å². The zero-order valence-electron chi connectivity index (χ0n) is 10.7. The Balaban J connectivity index is 2.47. The molecule has 1 rings (SSSR count). The minimum Gasteiger partial charge on any atom is -0.381 e. The number of hydrogen-bond acceptors (Lipinski definition) is 5. The average molecular weight is 270 g/mol. The van der Waals surface area contributed by atoms with E-state index in [0.717, 1.165) is 4.90 Å². The maximum Gasteiger partial charge on any atom is 0.256 e. The Hall–Kier alpha value is -1.11. The van der Waals surface area contributed by atoms with Gasteiger partial charge in [-0.25, -0.2) is 4.98 Å². The Morgan fingerprint density at radius 2 is 2.28 bits per heavy atom. The van der Waals surface area contributed by atoms with E-state index in [4.69, 9.17) is 4.74 Å². The molecule has 1 aromatic rings. The molecule has 0 aliphatic carbocycles. The van der Waals surface area contributed by atoms with Crippen molar-refractivity contribution in [3.05, 3.63) is 18.3 Å². The second-order valence-electron chi connectivity index (χ2n) is 3.97. The molecule has 0 aliphatic rings. The molecule has 1 heterocycles. The van der Waals surface area contributed by atoms with E-state index in [-0.39, 0.29) is 12.7 Å². The number of aliphatic hydroxyl groups is 1. The van der Waals surface area contributed by atoms with Gasteiger partial charge >= 0.3 is 0 Å². The van der Waals surface area contributed by atoms with Gasteiger partial charge in [0, 0.05) is 11.1 Å². The number of hydrogen-bond donors (Lipinski definition) is 2. The quantitative estimate of drug-likeness (QED) is 0.767. The number of nitrogens with zero attached hydrogens (tertiary/aromatic N) is 1. The summed E-state index contributed by atoms with van der Waals surface area (Å²) in [4.78, 5) is 16.7. The van der Waals surface area contributed by atoms with Gasteiger partial charge in [0.2, 0.25) is 0 Å². The van der Waals surface area contributed by atoms with Gasteiger partial charge in [-0.15, -0.1) is 11.8 Å². The van der Waals surface area contributed by atoms with Crippen molar-refractivity contribution in [1.82, 2.24) is 4.98 Å². The van der Waals surface area contributed by atoms with E-state index in [1.165, 1.54) is 0 Å². The molecule has 5 nitrogen and oxygen atoms in total. The number of carbonyl (C=O) groups excluding carboxylic acids is 1. The van der Waals surface area contributed by atoms with Crippen molar-refractivity contribution >= 4 is 23.5 Å². The molecule has 0 fully saturated rings. The first-order chi connectivity index (χ1) is 8.52. The summed E-state index contributed by atoms with van der Waals surface area (Å²) >= 11 is 1.57. The highest BCUT2D eigenvalue weighted by Gasteiger charge is 2.16. The number of aliphatic hydroxyl groups excluding tert-OH is 1. The lowest BCUT2D eigenvalue weighted by Gasteiger charge is -2.13. The molecule has 1 atom stereocenters. The summed E-state index contributed by atoms with van der Waals surface area (Å²) in [5.41, 5.74) is 0. The zero-order valence-corrected chi connectivity index (χ0v) is 11.5. The smallest absolute Gasteiger partial charge is 0.256 e. The second-order valence-corrected chi connectivity index (χ2v) is 4.85. The fourth-order valence-corrected chi connectivity index (χ4v) is 1.51. The monoisotopic (exact) mass is 270 g/mol. The summed E-state index contributed by atoms with van der Waals surface area (Å²) in [5.74, 6) is -0.0959. The van der Waals surface area contributed by atoms with Crippen LogP contribution >= 0.6 is 11.8 Å². The Labute approximate surface area is 111 Å². The van der Waals surface area contributed by atoms with Gasteiger partial charge in [-0.2, -0.15) is 0 Å². The number of carbonyl (C=O) groups is 1. The predicted molar refractivity (Wildman–Crippen MR) is 71.7 cm³/mol. The third-order valence-electron chi connectivity index (χ3n) is 2.11. The van der Waals surface area contributed by atoms with E-state index in [1.807, 2.05) is 26.2 Å². The first-order valence-electron chi connectivity index (χ1n) is 5.63. The van der Waals surface area contributed by atoms with Crippen molar-refractivity contribution < 1.29 is 14.6 Å². The van der Waals surface area contributed by atoms with Crippen LogP contribution < -0.4 is 5.32 Å². The van der Waals surface area contributed by atoms with E-state index < -0.39 is 12.0 Å². The lowest BCUT2D eigenvalue weighted by atomic mass is 10.3. The summed E-state index contributed by atoms with van der Waals surface area (Å²) in [6.07, 6.45) is 2.40. The van der Waals surface area contributed by atoms with Crippen LogP contribution in [0.4, 0.5) is 5.82 Å². The van der Waals surface area contributed by atoms with Crippen molar-refractivity contribution in [2.45, 2.75) is 31.0 Å². The molecule has 6 heteroatoms. The summed E-state index contributed by atoms with van der Waals surface area (Å²) in [7, 11) is 0. The third kappa shape index (κ3) is 5.03. The number of pyridine rings is 1. The first-order valence-corrected chi connectivity index (χ1v) is 6.86. The number of ether oxygens (including phenoxy) is 1. The van der Waals surface area contributed by atoms with Crippen LogP contribution in [0.5, 0.6) is 0 Å². The van der Waals surface area contributed by atoms with Gasteiger partial charge in [0.25, 0.3) is 5.91 Å². The molecule has 2 N–H and O–H groups in total. The van der Waals surface area contributed by atoms with Crippen LogP contribution in [0.15, 0.2) is 23.2 Å². The van der Waals surface area contributed by atoms with Gasteiger partial charge in [-0.3, -0.25) is 4.79 Å². The Morgan fingerprint density at radius 1 is 1.56 bits per heavy atom. The van der Waals surface area contributed by atoms with Crippen molar-refractivity contribution in [3.63, 3.8) is 0 Å². The summed E-state index contributed by atoms with van der Waals surface area (Å²) in [5, 5.41) is 12.1. The highest BCUT2D eigenvalue weighted by atomic mass is 32.2. The van der Waals surface area contributed by atoms with Crippen molar-refractivity contribution in [1.29, 1.82) is 0 Å². The molecule has 1 amide bonds. The summed E-state index contributed by atoms with van der Waals surface area (Å²) < 4.78 is 5.16. The van der Waals surface area contributed by atoms with Crippen LogP contribution in [0.3, 0.4) is 0 Å². The van der Waals surface area contributed by atoms with Gasteiger partial charge in [-0.05, 0) is 32.2 Å². The standard InChI is InChI=1S/C12H18N2O3S/c1-8(2)17-7-10(15)12(16)14-11-5-4-9(18-3)6-13-11/h4-6,8,10,15H,7H2,1-3H3,(H,13,14,16). The Kier molecular flexibility index (Phi) is 6.11. The van der Waals surface area contributed by atoms with E-state index >= 15 is 0 Å². The minimum atomic E-state index is -1.19. The number of anilines is 1. The number of nitrogens with one attached hydrogen (secondary N) is 1. The normalized spacial score (nSPS) is 12.5. The summed E-state index contributed by atoms with van der Waals surface area (Å²) in [6.45, 7) is 3.66. The van der Waals surface area contributed by atoms with Gasteiger partial charge in [-0.1, -0.05) is 0 Å². The molecule has 1 aromatic heterocycles. The molecule has 0 radical (unpaired) electrons. The fraction of sp³-hybridized carbons (Fsp3) is 0.500. The predicted octanol–water partition coefficient (Wildman–Crippen LogP) is 1.53. The van der Waals surface area contributed by atoms with Crippen LogP contribution in [0.2, 0.25) is 0 Å². The van der Waals surface area contributed by atoms with E-state index in [0.29, 0.717) is 5.82 Å². The van der Waals surface area contributed by atoms with Gasteiger partial charge in [0.1, 0.15) is 5.82 Å². The largest absolute Gasteiger partial charge is 0.381 e. The van der Waals surface area contributed by atoms with Crippen molar-refractivity contribution in [2.75, 3.05) is 18.2 Å². The number of aromatic nitrogens is 1. The molecule has 0 spiro atoms. The lowest BCUT2D eigenvalue weighted by molar-refractivity contribution is -0.127. The van der Waals surface area contributed by atoms with E-state index in [1.54, 1.807) is 24.0 Å². The van der Waals surface area contributed by atoms with Crippen molar-refractivity contribution in [3.8, 4) is 0 Å². The van der Waals surface area contributed by atoms with Gasteiger partial charge in [0.15, 0.2) is 6.10 Å². The number of amides is 1. The van der Waals surface area contributed by atoms with Crippen LogP contribution in [0, 0.1) is 0 Å². The Bertz CT molecular complexity index is 381. The minimum absolute atomic E-state index is 0.0214. The molecule has 0 aromatic carbocycles. The third-order valence-corrected chi connectivity index (χ3v) is 2.83. The van der Waals surface area contributed by atoms with Gasteiger partial charge < -0.3 is 15.2 Å². The van der Waals surface area contributed by atoms with E-state index in [9.17, 15) is 9.90 Å². The lowest BCUT2D eigenvalue weighted by Crippen LogP contribution is -2.32. The Morgan fingerprint density at radius 3 is 2.78 bits per heavy atom. The molecule has 100 valence electrons. The van der Waals surface area contributed by atoms with Gasteiger partial charge in [0.05, 0.1) is 12.7 Å². The maximum atomic E-state index is 11.6. The van der Waals surface area contributed by atoms with Crippen LogP contribution in [0.25, 0.3) is 0 Å². The molecular weight excluding hydrogens is 252 g/mol. The second kappa shape index (κ2) is 7.35. The molecule has 0 saturated heterocycles. The van der Waals surface area contributed by atoms with Crippen LogP contribution in [-0.2, 0) is 9.53 Å². The highest BCUT2D eigenvalue weighted by molar-refractivity contribution is 7.98. The first kappa shape index (κ1) is 14.9. The summed E-state index contributed by atoms with van der Waals surface area (Å²) in [6, 6.07) is 3.55. The van der Waals surface area contributed by atoms with Crippen LogP contribution in [0.1, 0.15) is 13.8 Å².